The van der Waals surface area contributed by atoms with Crippen LogP contribution in [0.4, 0.5) is 14.5 Å². The van der Waals surface area contributed by atoms with E-state index in [4.69, 9.17) is 4.55 Å². The minimum absolute atomic E-state index is 0.128. The van der Waals surface area contributed by atoms with Crippen LogP contribution in [-0.2, 0) is 15.5 Å². The Balaban J connectivity index is 3.16. The summed E-state index contributed by atoms with van der Waals surface area (Å²) in [5.41, 5.74) is -0.507. The van der Waals surface area contributed by atoms with Crippen LogP contribution in [0, 0.1) is 10.1 Å². The molecule has 1 rings (SSSR count). The van der Waals surface area contributed by atoms with E-state index in [0.29, 0.717) is 0 Å². The number of halogens is 2. The van der Waals surface area contributed by atoms with Gasteiger partial charge in [-0.25, -0.2) is 0 Å². The van der Waals surface area contributed by atoms with Crippen LogP contribution in [-0.4, -0.2) is 20.3 Å². The number of ether oxygens (including phenoxy) is 1. The van der Waals surface area contributed by atoms with Gasteiger partial charge in [-0.15, -0.1) is 0 Å². The van der Waals surface area contributed by atoms with Crippen molar-refractivity contribution in [3.05, 3.63) is 33.9 Å². The molecule has 19 heavy (non-hydrogen) atoms. The van der Waals surface area contributed by atoms with Gasteiger partial charge in [0.15, 0.2) is 0 Å². The third-order valence-electron chi connectivity index (χ3n) is 2.08. The molecule has 0 saturated heterocycles. The van der Waals surface area contributed by atoms with E-state index in [1.54, 1.807) is 0 Å². The van der Waals surface area contributed by atoms with E-state index < -0.39 is 29.0 Å². The number of nitro groups is 1. The zero-order valence-corrected chi connectivity index (χ0v) is 10.3. The Labute approximate surface area is 108 Å². The van der Waals surface area contributed by atoms with E-state index in [1.165, 1.54) is 6.92 Å². The monoisotopic (exact) mass is 297 g/mol. The molecule has 2 unspecified atom stereocenters. The molecule has 0 saturated carbocycles. The van der Waals surface area contributed by atoms with Crippen LogP contribution in [0.5, 0.6) is 5.75 Å². The van der Waals surface area contributed by atoms with Crippen molar-refractivity contribution in [2.24, 2.45) is 0 Å². The van der Waals surface area contributed by atoms with Crippen molar-refractivity contribution in [1.82, 2.24) is 0 Å². The second kappa shape index (κ2) is 6.50. The summed E-state index contributed by atoms with van der Waals surface area (Å²) in [5.74, 6) is -0.362. The Hall–Kier alpha value is -1.65. The molecular weight excluding hydrogens is 288 g/mol. The molecule has 0 spiro atoms. The summed E-state index contributed by atoms with van der Waals surface area (Å²) in [6.45, 7) is -1.86. The van der Waals surface area contributed by atoms with Gasteiger partial charge in [0.1, 0.15) is 11.9 Å². The number of nitro benzene ring substituents is 1. The first-order valence-electron chi connectivity index (χ1n) is 4.82. The van der Waals surface area contributed by atoms with Gasteiger partial charge in [-0.3, -0.25) is 18.9 Å². The Kier molecular flexibility index (Phi) is 5.27. The molecule has 0 aliphatic heterocycles. The third kappa shape index (κ3) is 4.50. The fourth-order valence-corrected chi connectivity index (χ4v) is 1.70. The first-order chi connectivity index (χ1) is 8.81. The summed E-state index contributed by atoms with van der Waals surface area (Å²) < 4.78 is 52.1. The molecule has 0 aromatic heterocycles. The molecule has 0 fully saturated rings. The number of hydrogen-bond donors (Lipinski definition) is 1. The van der Waals surface area contributed by atoms with Crippen LogP contribution >= 0.6 is 0 Å². The lowest BCUT2D eigenvalue weighted by Gasteiger charge is -2.14. The third-order valence-corrected chi connectivity index (χ3v) is 2.54. The maximum atomic E-state index is 12.2. The summed E-state index contributed by atoms with van der Waals surface area (Å²) in [4.78, 5) is 9.86. The number of nitrogens with zero attached hydrogens (tertiary/aromatic N) is 1. The van der Waals surface area contributed by atoms with Crippen molar-refractivity contribution < 1.29 is 31.4 Å². The predicted octanol–water partition coefficient (Wildman–Crippen LogP) is 2.41. The maximum Gasteiger partial charge on any atom is 0.387 e. The van der Waals surface area contributed by atoms with Gasteiger partial charge < -0.3 is 4.74 Å². The second-order valence-electron chi connectivity index (χ2n) is 3.31. The Morgan fingerprint density at radius 3 is 2.58 bits per heavy atom. The lowest BCUT2D eigenvalue weighted by molar-refractivity contribution is -0.385. The molecule has 1 N–H and O–H groups in total. The van der Waals surface area contributed by atoms with Crippen LogP contribution < -0.4 is 4.74 Å². The maximum absolute atomic E-state index is 12.2. The standard InChI is InChI=1S/C9H9F2NO6S/c1-5(18-19(15)16)7-4-6(12(13)14)2-3-8(7)17-9(10)11/h2-5,9H,1H3,(H,15,16). The van der Waals surface area contributed by atoms with Crippen molar-refractivity contribution in [2.45, 2.75) is 19.6 Å². The average molecular weight is 297 g/mol. The Bertz CT molecular complexity index is 498. The van der Waals surface area contributed by atoms with Gasteiger partial charge in [0.2, 0.25) is 0 Å². The first-order valence-corrected chi connectivity index (χ1v) is 5.85. The molecule has 1 aromatic carbocycles. The quantitative estimate of drug-likeness (QED) is 0.492. The lowest BCUT2D eigenvalue weighted by atomic mass is 10.1. The van der Waals surface area contributed by atoms with Crippen LogP contribution in [0.1, 0.15) is 18.6 Å². The zero-order chi connectivity index (χ0) is 14.6. The van der Waals surface area contributed by atoms with Crippen molar-refractivity contribution in [3.8, 4) is 5.75 Å². The SMILES string of the molecule is CC(OS(=O)O)c1cc([N+](=O)[O-])ccc1OC(F)F. The highest BCUT2D eigenvalue weighted by molar-refractivity contribution is 7.74. The smallest absolute Gasteiger partial charge is 0.387 e. The summed E-state index contributed by atoms with van der Waals surface area (Å²) in [7, 11) is 0. The van der Waals surface area contributed by atoms with Crippen molar-refractivity contribution in [1.29, 1.82) is 0 Å². The Morgan fingerprint density at radius 2 is 2.11 bits per heavy atom. The number of alkyl halides is 2. The normalized spacial score (nSPS) is 14.2. The molecule has 0 amide bonds. The minimum atomic E-state index is -3.13. The zero-order valence-electron chi connectivity index (χ0n) is 9.49. The molecule has 7 nitrogen and oxygen atoms in total. The fraction of sp³-hybridized carbons (Fsp3) is 0.333. The summed E-state index contributed by atoms with van der Waals surface area (Å²) >= 11 is -2.65. The molecule has 106 valence electrons. The largest absolute Gasteiger partial charge is 0.434 e. The minimum Gasteiger partial charge on any atom is -0.434 e. The van der Waals surface area contributed by atoms with Gasteiger partial charge in [-0.2, -0.15) is 13.0 Å². The molecule has 0 bridgehead atoms. The highest BCUT2D eigenvalue weighted by Crippen LogP contribution is 2.32. The van der Waals surface area contributed by atoms with Crippen LogP contribution in [0.2, 0.25) is 0 Å². The number of benzene rings is 1. The number of rotatable bonds is 6. The number of non-ortho nitro benzene ring substituents is 1. The van der Waals surface area contributed by atoms with Crippen molar-refractivity contribution >= 4 is 17.0 Å². The van der Waals surface area contributed by atoms with Gasteiger partial charge in [-0.1, -0.05) is 0 Å². The molecule has 1 aromatic rings. The second-order valence-corrected chi connectivity index (χ2v) is 3.94. The molecule has 0 radical (unpaired) electrons. The molecule has 10 heteroatoms. The average Bonchev–Trinajstić information content (AvgIpc) is 2.27. The fourth-order valence-electron chi connectivity index (χ4n) is 1.35. The van der Waals surface area contributed by atoms with Gasteiger partial charge in [-0.05, 0) is 13.0 Å². The van der Waals surface area contributed by atoms with Crippen LogP contribution in [0.3, 0.4) is 0 Å². The molecular formula is C9H9F2NO6S. The topological polar surface area (TPSA) is 98.9 Å². The highest BCUT2D eigenvalue weighted by Gasteiger charge is 2.21. The molecule has 2 atom stereocenters. The van der Waals surface area contributed by atoms with Crippen molar-refractivity contribution in [2.75, 3.05) is 0 Å². The number of hydrogen-bond acceptors (Lipinski definition) is 5. The van der Waals surface area contributed by atoms with E-state index in [0.717, 1.165) is 18.2 Å². The van der Waals surface area contributed by atoms with E-state index in [9.17, 15) is 23.1 Å². The van der Waals surface area contributed by atoms with Crippen LogP contribution in [0.25, 0.3) is 0 Å². The summed E-state index contributed by atoms with van der Waals surface area (Å²) in [6.07, 6.45) is -1.14. The van der Waals surface area contributed by atoms with E-state index in [-0.39, 0.29) is 17.0 Å². The lowest BCUT2D eigenvalue weighted by Crippen LogP contribution is -2.09. The molecule has 0 heterocycles. The van der Waals surface area contributed by atoms with Crippen LogP contribution in [0.15, 0.2) is 18.2 Å². The highest BCUT2D eigenvalue weighted by atomic mass is 32.2. The first kappa shape index (κ1) is 15.4. The van der Waals surface area contributed by atoms with E-state index in [2.05, 4.69) is 8.92 Å². The summed E-state index contributed by atoms with van der Waals surface area (Å²) in [6, 6.07) is 2.89. The van der Waals surface area contributed by atoms with E-state index in [1.807, 2.05) is 0 Å². The molecule has 0 aliphatic carbocycles. The Morgan fingerprint density at radius 1 is 1.47 bits per heavy atom. The van der Waals surface area contributed by atoms with Gasteiger partial charge in [0.25, 0.3) is 5.69 Å². The molecule has 0 aliphatic rings. The van der Waals surface area contributed by atoms with E-state index >= 15 is 0 Å². The van der Waals surface area contributed by atoms with Gasteiger partial charge in [0, 0.05) is 17.7 Å². The van der Waals surface area contributed by atoms with Gasteiger partial charge >= 0.3 is 18.0 Å². The predicted molar refractivity (Wildman–Crippen MR) is 60.0 cm³/mol. The van der Waals surface area contributed by atoms with Gasteiger partial charge in [0.05, 0.1) is 4.92 Å². The summed E-state index contributed by atoms with van der Waals surface area (Å²) in [5, 5.41) is 10.6. The van der Waals surface area contributed by atoms with Crippen molar-refractivity contribution in [3.63, 3.8) is 0 Å².